The molecule has 3 unspecified atom stereocenters. The van der Waals surface area contributed by atoms with E-state index in [1.54, 1.807) is 35.7 Å². The molecular weight excluding hydrogens is 344 g/mol. The lowest BCUT2D eigenvalue weighted by molar-refractivity contribution is -0.125. The van der Waals surface area contributed by atoms with Gasteiger partial charge in [0.05, 0.1) is 6.33 Å². The molecule has 27 heavy (non-hydrogen) atoms. The van der Waals surface area contributed by atoms with Gasteiger partial charge in [-0.2, -0.15) is 5.10 Å². The van der Waals surface area contributed by atoms with Crippen molar-refractivity contribution in [2.24, 2.45) is 0 Å². The van der Waals surface area contributed by atoms with E-state index in [1.165, 1.54) is 0 Å². The highest BCUT2D eigenvalue weighted by molar-refractivity contribution is 5.92. The SMILES string of the molecule is CC(C)n1cnc(C(=O)NC2CCCC(NC(=O)C(C)n3cccn3)C2)c1. The molecule has 1 fully saturated rings. The smallest absolute Gasteiger partial charge is 0.271 e. The summed E-state index contributed by atoms with van der Waals surface area (Å²) in [6, 6.07) is 1.82. The molecule has 0 aromatic carbocycles. The average Bonchev–Trinajstić information content (AvgIpc) is 3.33. The molecule has 2 N–H and O–H groups in total. The lowest BCUT2D eigenvalue weighted by atomic mass is 9.90. The van der Waals surface area contributed by atoms with Crippen molar-refractivity contribution in [1.29, 1.82) is 0 Å². The molecule has 2 aromatic heterocycles. The van der Waals surface area contributed by atoms with Crippen LogP contribution in [0.15, 0.2) is 31.0 Å². The van der Waals surface area contributed by atoms with E-state index >= 15 is 0 Å². The van der Waals surface area contributed by atoms with Gasteiger partial charge in [-0.1, -0.05) is 0 Å². The minimum atomic E-state index is -0.352. The first-order valence-corrected chi connectivity index (χ1v) is 9.58. The highest BCUT2D eigenvalue weighted by Gasteiger charge is 2.27. The van der Waals surface area contributed by atoms with Crippen LogP contribution in [0.4, 0.5) is 0 Å². The Balaban J connectivity index is 1.52. The van der Waals surface area contributed by atoms with Crippen LogP contribution in [0.1, 0.15) is 69.0 Å². The second-order valence-corrected chi connectivity index (χ2v) is 7.50. The largest absolute Gasteiger partial charge is 0.351 e. The minimum Gasteiger partial charge on any atom is -0.351 e. The number of nitrogens with zero attached hydrogens (tertiary/aromatic N) is 4. The Morgan fingerprint density at radius 1 is 1.19 bits per heavy atom. The van der Waals surface area contributed by atoms with Gasteiger partial charge in [0.15, 0.2) is 0 Å². The van der Waals surface area contributed by atoms with Crippen LogP contribution in [0.3, 0.4) is 0 Å². The van der Waals surface area contributed by atoms with Crippen LogP contribution in [0.25, 0.3) is 0 Å². The predicted octanol–water partition coefficient (Wildman–Crippen LogP) is 2.08. The monoisotopic (exact) mass is 372 g/mol. The predicted molar refractivity (Wildman–Crippen MR) is 101 cm³/mol. The Hall–Kier alpha value is -2.64. The summed E-state index contributed by atoms with van der Waals surface area (Å²) in [6.07, 6.45) is 10.4. The molecule has 0 radical (unpaired) electrons. The number of hydrogen-bond acceptors (Lipinski definition) is 4. The molecule has 1 aliphatic carbocycles. The summed E-state index contributed by atoms with van der Waals surface area (Å²) in [6.45, 7) is 5.92. The van der Waals surface area contributed by atoms with E-state index in [4.69, 9.17) is 0 Å². The topological polar surface area (TPSA) is 93.8 Å². The van der Waals surface area contributed by atoms with E-state index in [9.17, 15) is 9.59 Å². The summed E-state index contributed by atoms with van der Waals surface area (Å²) in [5, 5.41) is 10.3. The Kier molecular flexibility index (Phi) is 5.93. The van der Waals surface area contributed by atoms with Crippen molar-refractivity contribution in [3.8, 4) is 0 Å². The number of carbonyl (C=O) groups is 2. The average molecular weight is 372 g/mol. The Morgan fingerprint density at radius 2 is 1.93 bits per heavy atom. The molecule has 3 atom stereocenters. The number of imidazole rings is 1. The highest BCUT2D eigenvalue weighted by Crippen LogP contribution is 2.20. The fourth-order valence-electron chi connectivity index (χ4n) is 3.40. The first kappa shape index (κ1) is 19.1. The Labute approximate surface area is 159 Å². The maximum Gasteiger partial charge on any atom is 0.271 e. The molecule has 0 spiro atoms. The summed E-state index contributed by atoms with van der Waals surface area (Å²) in [5.74, 6) is -0.206. The first-order chi connectivity index (χ1) is 12.9. The molecule has 3 rings (SSSR count). The van der Waals surface area contributed by atoms with Crippen LogP contribution in [0, 0.1) is 0 Å². The molecule has 8 nitrogen and oxygen atoms in total. The van der Waals surface area contributed by atoms with E-state index in [1.807, 2.05) is 25.3 Å². The Bertz CT molecular complexity index is 767. The summed E-state index contributed by atoms with van der Waals surface area (Å²) in [4.78, 5) is 29.1. The maximum atomic E-state index is 12.5. The molecule has 0 bridgehead atoms. The minimum absolute atomic E-state index is 0.0424. The molecule has 1 saturated carbocycles. The molecular formula is C19H28N6O2. The van der Waals surface area contributed by atoms with Crippen molar-refractivity contribution >= 4 is 11.8 Å². The number of nitrogens with one attached hydrogen (secondary N) is 2. The molecule has 1 aliphatic rings. The standard InChI is InChI=1S/C19H28N6O2/c1-13(2)24-11-17(20-12-24)19(27)23-16-7-4-6-15(10-16)22-18(26)14(3)25-9-5-8-21-25/h5,8-9,11-16H,4,6-7,10H2,1-3H3,(H,22,26)(H,23,27). The molecule has 8 heteroatoms. The van der Waals surface area contributed by atoms with E-state index < -0.39 is 0 Å². The molecule has 0 aliphatic heterocycles. The fraction of sp³-hybridized carbons (Fsp3) is 0.579. The molecule has 2 amide bonds. The van der Waals surface area contributed by atoms with Crippen LogP contribution in [0.2, 0.25) is 0 Å². The lowest BCUT2D eigenvalue weighted by Crippen LogP contribution is -2.47. The lowest BCUT2D eigenvalue weighted by Gasteiger charge is -2.31. The van der Waals surface area contributed by atoms with Gasteiger partial charge in [-0.3, -0.25) is 14.3 Å². The van der Waals surface area contributed by atoms with Crippen LogP contribution in [-0.2, 0) is 4.79 Å². The van der Waals surface area contributed by atoms with Gasteiger partial charge in [-0.15, -0.1) is 0 Å². The maximum absolute atomic E-state index is 12.5. The number of carbonyl (C=O) groups excluding carboxylic acids is 2. The van der Waals surface area contributed by atoms with Gasteiger partial charge in [0.1, 0.15) is 11.7 Å². The zero-order valence-corrected chi connectivity index (χ0v) is 16.1. The van der Waals surface area contributed by atoms with Crippen LogP contribution in [-0.4, -0.2) is 43.2 Å². The normalized spacial score (nSPS) is 21.0. The summed E-state index contributed by atoms with van der Waals surface area (Å²) >= 11 is 0. The van der Waals surface area contributed by atoms with E-state index in [0.29, 0.717) is 5.69 Å². The van der Waals surface area contributed by atoms with Crippen LogP contribution < -0.4 is 10.6 Å². The molecule has 2 heterocycles. The van der Waals surface area contributed by atoms with E-state index in [2.05, 4.69) is 20.7 Å². The summed E-state index contributed by atoms with van der Waals surface area (Å²) in [5.41, 5.74) is 0.433. The van der Waals surface area contributed by atoms with Gasteiger partial charge in [0.25, 0.3) is 5.91 Å². The van der Waals surface area contributed by atoms with Gasteiger partial charge >= 0.3 is 0 Å². The second kappa shape index (κ2) is 8.37. The van der Waals surface area contributed by atoms with Gasteiger partial charge in [-0.25, -0.2) is 4.98 Å². The van der Waals surface area contributed by atoms with Crippen molar-refractivity contribution in [2.75, 3.05) is 0 Å². The quantitative estimate of drug-likeness (QED) is 0.812. The third kappa shape index (κ3) is 4.75. The van der Waals surface area contributed by atoms with Gasteiger partial charge < -0.3 is 15.2 Å². The number of aromatic nitrogens is 4. The van der Waals surface area contributed by atoms with Crippen LogP contribution in [0.5, 0.6) is 0 Å². The van der Waals surface area contributed by atoms with Crippen molar-refractivity contribution in [1.82, 2.24) is 30.0 Å². The van der Waals surface area contributed by atoms with Crippen LogP contribution >= 0.6 is 0 Å². The number of rotatable bonds is 6. The van der Waals surface area contributed by atoms with E-state index in [0.717, 1.165) is 25.7 Å². The second-order valence-electron chi connectivity index (χ2n) is 7.50. The molecule has 0 saturated heterocycles. The van der Waals surface area contributed by atoms with Gasteiger partial charge in [0.2, 0.25) is 5.91 Å². The summed E-state index contributed by atoms with van der Waals surface area (Å²) < 4.78 is 3.55. The third-order valence-electron chi connectivity index (χ3n) is 5.09. The molecule has 2 aromatic rings. The van der Waals surface area contributed by atoms with Crippen molar-refractivity contribution in [3.05, 3.63) is 36.7 Å². The number of hydrogen-bond donors (Lipinski definition) is 2. The fourth-order valence-corrected chi connectivity index (χ4v) is 3.40. The highest BCUT2D eigenvalue weighted by atomic mass is 16.2. The van der Waals surface area contributed by atoms with Gasteiger partial charge in [0, 0.05) is 36.7 Å². The van der Waals surface area contributed by atoms with Crippen molar-refractivity contribution in [3.63, 3.8) is 0 Å². The zero-order chi connectivity index (χ0) is 19.4. The first-order valence-electron chi connectivity index (χ1n) is 9.58. The summed E-state index contributed by atoms with van der Waals surface area (Å²) in [7, 11) is 0. The van der Waals surface area contributed by atoms with E-state index in [-0.39, 0.29) is 36.0 Å². The van der Waals surface area contributed by atoms with Crippen molar-refractivity contribution < 1.29 is 9.59 Å². The number of amides is 2. The Morgan fingerprint density at radius 3 is 2.56 bits per heavy atom. The van der Waals surface area contributed by atoms with Gasteiger partial charge in [-0.05, 0) is 52.5 Å². The van der Waals surface area contributed by atoms with Crippen molar-refractivity contribution in [2.45, 2.75) is 70.6 Å². The zero-order valence-electron chi connectivity index (χ0n) is 16.1. The molecule has 146 valence electrons. The third-order valence-corrected chi connectivity index (χ3v) is 5.09.